The molecule has 0 aromatic heterocycles. The average Bonchev–Trinajstić information content (AvgIpc) is 2.46. The summed E-state index contributed by atoms with van der Waals surface area (Å²) in [7, 11) is 0. The van der Waals surface area contributed by atoms with Gasteiger partial charge in [-0.2, -0.15) is 0 Å². The van der Waals surface area contributed by atoms with E-state index in [0.29, 0.717) is 19.2 Å². The molecule has 1 aromatic carbocycles. The number of piperidine rings is 1. The maximum absolute atomic E-state index is 12.7. The summed E-state index contributed by atoms with van der Waals surface area (Å²) in [6, 6.07) is 8.23. The molecule has 0 radical (unpaired) electrons. The molecule has 102 valence electrons. The van der Waals surface area contributed by atoms with Gasteiger partial charge in [-0.15, -0.1) is 0 Å². The van der Waals surface area contributed by atoms with E-state index in [1.165, 1.54) is 0 Å². The van der Waals surface area contributed by atoms with Crippen molar-refractivity contribution in [2.45, 2.75) is 25.8 Å². The van der Waals surface area contributed by atoms with Crippen LogP contribution in [0.2, 0.25) is 0 Å². The van der Waals surface area contributed by atoms with Crippen LogP contribution in [0.25, 0.3) is 0 Å². The number of para-hydroxylation sites is 2. The second-order valence-electron chi connectivity index (χ2n) is 5.38. The molecule has 4 nitrogen and oxygen atoms in total. The molecule has 0 aliphatic carbocycles. The highest BCUT2D eigenvalue weighted by atomic mass is 16.5. The Morgan fingerprint density at radius 2 is 2.26 bits per heavy atom. The first-order valence-corrected chi connectivity index (χ1v) is 7.02. The summed E-state index contributed by atoms with van der Waals surface area (Å²) in [6.07, 6.45) is 1.86. The Balaban J connectivity index is 1.81. The quantitative estimate of drug-likeness (QED) is 0.837. The number of carbonyl (C=O) groups is 1. The third kappa shape index (κ3) is 2.45. The number of nitrogens with one attached hydrogen (secondary N) is 1. The van der Waals surface area contributed by atoms with Crippen molar-refractivity contribution in [2.24, 2.45) is 5.92 Å². The largest absolute Gasteiger partial charge is 0.490 e. The van der Waals surface area contributed by atoms with Crippen LogP contribution in [0.4, 0.5) is 5.69 Å². The van der Waals surface area contributed by atoms with Gasteiger partial charge in [-0.05, 0) is 38.4 Å². The van der Waals surface area contributed by atoms with Crippen LogP contribution in [-0.2, 0) is 4.79 Å². The van der Waals surface area contributed by atoms with E-state index in [1.807, 2.05) is 29.2 Å². The first-order chi connectivity index (χ1) is 9.25. The highest BCUT2D eigenvalue weighted by molar-refractivity contribution is 5.96. The number of rotatable bonds is 1. The summed E-state index contributed by atoms with van der Waals surface area (Å²) in [6.45, 7) is 4.33. The molecule has 1 fully saturated rings. The van der Waals surface area contributed by atoms with E-state index in [-0.39, 0.29) is 11.8 Å². The minimum Gasteiger partial charge on any atom is -0.490 e. The highest BCUT2D eigenvalue weighted by Crippen LogP contribution is 2.33. The van der Waals surface area contributed by atoms with Crippen LogP contribution >= 0.6 is 0 Å². The number of nitrogens with zero attached hydrogens (tertiary/aromatic N) is 1. The molecule has 2 atom stereocenters. The number of ether oxygens (including phenoxy) is 1. The van der Waals surface area contributed by atoms with E-state index >= 15 is 0 Å². The first-order valence-electron chi connectivity index (χ1n) is 7.02. The monoisotopic (exact) mass is 260 g/mol. The SMILES string of the molecule is CC1CC(C(=O)N2CCOc3ccccc32)CCN1. The molecular formula is C15H20N2O2. The predicted octanol–water partition coefficient (Wildman–Crippen LogP) is 1.80. The second kappa shape index (κ2) is 5.21. The van der Waals surface area contributed by atoms with E-state index in [2.05, 4.69) is 12.2 Å². The molecule has 4 heteroatoms. The second-order valence-corrected chi connectivity index (χ2v) is 5.38. The van der Waals surface area contributed by atoms with Gasteiger partial charge in [-0.1, -0.05) is 12.1 Å². The van der Waals surface area contributed by atoms with Crippen LogP contribution in [0.15, 0.2) is 24.3 Å². The number of amides is 1. The fourth-order valence-corrected chi connectivity index (χ4v) is 2.98. The van der Waals surface area contributed by atoms with Crippen molar-refractivity contribution in [1.29, 1.82) is 0 Å². The lowest BCUT2D eigenvalue weighted by atomic mass is 9.91. The number of carbonyl (C=O) groups excluding carboxylic acids is 1. The molecule has 2 unspecified atom stereocenters. The fourth-order valence-electron chi connectivity index (χ4n) is 2.98. The average molecular weight is 260 g/mol. The lowest BCUT2D eigenvalue weighted by Gasteiger charge is -2.35. The first kappa shape index (κ1) is 12.5. The van der Waals surface area contributed by atoms with Crippen molar-refractivity contribution in [3.8, 4) is 5.75 Å². The predicted molar refractivity (Wildman–Crippen MR) is 74.5 cm³/mol. The van der Waals surface area contributed by atoms with Crippen LogP contribution in [-0.4, -0.2) is 31.6 Å². The molecule has 2 aliphatic heterocycles. The molecule has 0 saturated carbocycles. The molecule has 1 aromatic rings. The Morgan fingerprint density at radius 3 is 3.11 bits per heavy atom. The highest BCUT2D eigenvalue weighted by Gasteiger charge is 2.31. The molecule has 0 bridgehead atoms. The molecular weight excluding hydrogens is 240 g/mol. The summed E-state index contributed by atoms with van der Waals surface area (Å²) in [4.78, 5) is 14.6. The Labute approximate surface area is 113 Å². The fraction of sp³-hybridized carbons (Fsp3) is 0.533. The Kier molecular flexibility index (Phi) is 3.42. The van der Waals surface area contributed by atoms with Gasteiger partial charge in [0.2, 0.25) is 5.91 Å². The van der Waals surface area contributed by atoms with Gasteiger partial charge in [0.1, 0.15) is 12.4 Å². The van der Waals surface area contributed by atoms with Crippen molar-refractivity contribution in [1.82, 2.24) is 5.32 Å². The molecule has 1 saturated heterocycles. The summed E-state index contributed by atoms with van der Waals surface area (Å²) in [5, 5.41) is 3.39. The molecule has 19 heavy (non-hydrogen) atoms. The van der Waals surface area contributed by atoms with Crippen LogP contribution in [0.1, 0.15) is 19.8 Å². The third-order valence-electron chi connectivity index (χ3n) is 3.97. The van der Waals surface area contributed by atoms with Gasteiger partial charge in [0.15, 0.2) is 0 Å². The van der Waals surface area contributed by atoms with Gasteiger partial charge >= 0.3 is 0 Å². The number of fused-ring (bicyclic) bond motifs is 1. The maximum atomic E-state index is 12.7. The Hall–Kier alpha value is -1.55. The zero-order valence-electron chi connectivity index (χ0n) is 11.3. The van der Waals surface area contributed by atoms with E-state index in [9.17, 15) is 4.79 Å². The van der Waals surface area contributed by atoms with Crippen LogP contribution in [0, 0.1) is 5.92 Å². The molecule has 0 spiro atoms. The van der Waals surface area contributed by atoms with Crippen molar-refractivity contribution in [3.63, 3.8) is 0 Å². The van der Waals surface area contributed by atoms with Crippen molar-refractivity contribution in [3.05, 3.63) is 24.3 Å². The summed E-state index contributed by atoms with van der Waals surface area (Å²) < 4.78 is 5.61. The minimum atomic E-state index is 0.141. The topological polar surface area (TPSA) is 41.6 Å². The lowest BCUT2D eigenvalue weighted by molar-refractivity contribution is -0.123. The van der Waals surface area contributed by atoms with Gasteiger partial charge in [0.25, 0.3) is 0 Å². The summed E-state index contributed by atoms with van der Waals surface area (Å²) >= 11 is 0. The van der Waals surface area contributed by atoms with Crippen LogP contribution < -0.4 is 15.0 Å². The minimum absolute atomic E-state index is 0.141. The zero-order valence-corrected chi connectivity index (χ0v) is 11.3. The maximum Gasteiger partial charge on any atom is 0.230 e. The number of hydrogen-bond donors (Lipinski definition) is 1. The standard InChI is InChI=1S/C15H20N2O2/c1-11-10-12(6-7-16-11)15(18)17-8-9-19-14-5-3-2-4-13(14)17/h2-5,11-12,16H,6-10H2,1H3. The molecule has 1 N–H and O–H groups in total. The molecule has 2 aliphatic rings. The zero-order chi connectivity index (χ0) is 13.2. The van der Waals surface area contributed by atoms with Gasteiger partial charge in [-0.3, -0.25) is 4.79 Å². The smallest absolute Gasteiger partial charge is 0.230 e. The van der Waals surface area contributed by atoms with E-state index in [4.69, 9.17) is 4.74 Å². The number of benzene rings is 1. The Morgan fingerprint density at radius 1 is 1.42 bits per heavy atom. The van der Waals surface area contributed by atoms with Crippen molar-refractivity contribution < 1.29 is 9.53 Å². The van der Waals surface area contributed by atoms with Crippen molar-refractivity contribution >= 4 is 11.6 Å². The molecule has 1 amide bonds. The Bertz CT molecular complexity index is 475. The summed E-state index contributed by atoms with van der Waals surface area (Å²) in [5.74, 6) is 1.22. The van der Waals surface area contributed by atoms with Gasteiger partial charge in [0, 0.05) is 12.0 Å². The number of anilines is 1. The third-order valence-corrected chi connectivity index (χ3v) is 3.97. The van der Waals surface area contributed by atoms with E-state index < -0.39 is 0 Å². The molecule has 2 heterocycles. The van der Waals surface area contributed by atoms with Gasteiger partial charge in [-0.25, -0.2) is 0 Å². The van der Waals surface area contributed by atoms with Crippen LogP contribution in [0.3, 0.4) is 0 Å². The van der Waals surface area contributed by atoms with Crippen molar-refractivity contribution in [2.75, 3.05) is 24.6 Å². The lowest BCUT2D eigenvalue weighted by Crippen LogP contribution is -2.46. The normalized spacial score (nSPS) is 26.5. The van der Waals surface area contributed by atoms with Gasteiger partial charge in [0.05, 0.1) is 12.2 Å². The molecule has 3 rings (SSSR count). The van der Waals surface area contributed by atoms with E-state index in [0.717, 1.165) is 30.8 Å². The number of hydrogen-bond acceptors (Lipinski definition) is 3. The van der Waals surface area contributed by atoms with Crippen LogP contribution in [0.5, 0.6) is 5.75 Å². The van der Waals surface area contributed by atoms with Gasteiger partial charge < -0.3 is 15.0 Å². The summed E-state index contributed by atoms with van der Waals surface area (Å²) in [5.41, 5.74) is 0.921. The van der Waals surface area contributed by atoms with E-state index in [1.54, 1.807) is 0 Å².